The monoisotopic (exact) mass is 254 g/mol. The fourth-order valence-electron chi connectivity index (χ4n) is 2.02. The highest BCUT2D eigenvalue weighted by atomic mass is 32.1. The number of hydrogen-bond donors (Lipinski definition) is 1. The summed E-state index contributed by atoms with van der Waals surface area (Å²) in [7, 11) is 0. The molecule has 0 atom stereocenters. The molecule has 1 N–H and O–H groups in total. The van der Waals surface area contributed by atoms with Crippen molar-refractivity contribution in [3.8, 4) is 0 Å². The van der Waals surface area contributed by atoms with Crippen molar-refractivity contribution in [1.29, 1.82) is 0 Å². The number of hydrogen-bond acceptors (Lipinski definition) is 4. The van der Waals surface area contributed by atoms with Crippen molar-refractivity contribution < 1.29 is 0 Å². The Bertz CT molecular complexity index is 417. The Balaban J connectivity index is 2.34. The molecule has 3 nitrogen and oxygen atoms in total. The van der Waals surface area contributed by atoms with Gasteiger partial charge in [-0.15, -0.1) is 0 Å². The van der Waals surface area contributed by atoms with E-state index in [9.17, 15) is 4.79 Å². The highest BCUT2D eigenvalue weighted by Crippen LogP contribution is 2.17. The van der Waals surface area contributed by atoms with Crippen LogP contribution in [-0.2, 0) is 6.42 Å². The second kappa shape index (κ2) is 6.87. The lowest BCUT2D eigenvalue weighted by atomic mass is 10.1. The zero-order valence-corrected chi connectivity index (χ0v) is 11.8. The SMILES string of the molecule is CCc1c(NCCCN(CC)CC)c(=S)c1=O. The highest BCUT2D eigenvalue weighted by Gasteiger charge is 2.14. The maximum Gasteiger partial charge on any atom is 0.204 e. The molecule has 0 aliphatic heterocycles. The van der Waals surface area contributed by atoms with E-state index in [1.165, 1.54) is 0 Å². The van der Waals surface area contributed by atoms with Crippen LogP contribution in [0.5, 0.6) is 0 Å². The molecule has 0 heterocycles. The van der Waals surface area contributed by atoms with Crippen LogP contribution < -0.4 is 10.7 Å². The Kier molecular flexibility index (Phi) is 5.78. The largest absolute Gasteiger partial charge is 0.383 e. The first-order valence-corrected chi connectivity index (χ1v) is 6.84. The van der Waals surface area contributed by atoms with Gasteiger partial charge in [-0.1, -0.05) is 33.0 Å². The Hall–Kier alpha value is -0.740. The highest BCUT2D eigenvalue weighted by molar-refractivity contribution is 7.71. The summed E-state index contributed by atoms with van der Waals surface area (Å²) < 4.78 is 0.490. The van der Waals surface area contributed by atoms with Gasteiger partial charge < -0.3 is 10.2 Å². The summed E-state index contributed by atoms with van der Waals surface area (Å²) in [6.07, 6.45) is 1.86. The lowest BCUT2D eigenvalue weighted by molar-refractivity contribution is 0.303. The minimum Gasteiger partial charge on any atom is -0.383 e. The fraction of sp³-hybridized carbons (Fsp3) is 0.692. The molecule has 96 valence electrons. The molecule has 0 unspecified atom stereocenters. The Morgan fingerprint density at radius 3 is 2.41 bits per heavy atom. The molecule has 0 saturated carbocycles. The van der Waals surface area contributed by atoms with Gasteiger partial charge in [-0.05, 0) is 32.5 Å². The zero-order valence-electron chi connectivity index (χ0n) is 11.0. The Labute approximate surface area is 109 Å². The van der Waals surface area contributed by atoms with E-state index in [0.29, 0.717) is 4.51 Å². The van der Waals surface area contributed by atoms with Crippen LogP contribution in [-0.4, -0.2) is 31.1 Å². The van der Waals surface area contributed by atoms with Gasteiger partial charge in [0.15, 0.2) is 0 Å². The van der Waals surface area contributed by atoms with Gasteiger partial charge in [0.25, 0.3) is 0 Å². The van der Waals surface area contributed by atoms with E-state index in [1.807, 2.05) is 6.92 Å². The van der Waals surface area contributed by atoms with Gasteiger partial charge in [-0.2, -0.15) is 0 Å². The van der Waals surface area contributed by atoms with Crippen LogP contribution in [0.2, 0.25) is 0 Å². The van der Waals surface area contributed by atoms with Gasteiger partial charge in [0.1, 0.15) is 4.51 Å². The van der Waals surface area contributed by atoms with Crippen molar-refractivity contribution in [1.82, 2.24) is 4.90 Å². The fourth-order valence-corrected chi connectivity index (χ4v) is 2.34. The Morgan fingerprint density at radius 1 is 1.24 bits per heavy atom. The van der Waals surface area contributed by atoms with Crippen molar-refractivity contribution in [2.75, 3.05) is 31.5 Å². The molecule has 0 radical (unpaired) electrons. The number of nitrogens with zero attached hydrogens (tertiary/aromatic N) is 1. The van der Waals surface area contributed by atoms with E-state index in [2.05, 4.69) is 24.1 Å². The second-order valence-corrected chi connectivity index (χ2v) is 4.58. The maximum absolute atomic E-state index is 11.4. The molecule has 0 spiro atoms. The average molecular weight is 254 g/mol. The molecule has 0 aliphatic rings. The molecule has 0 saturated heterocycles. The van der Waals surface area contributed by atoms with E-state index >= 15 is 0 Å². The van der Waals surface area contributed by atoms with Crippen molar-refractivity contribution in [3.63, 3.8) is 0 Å². The second-order valence-electron chi connectivity index (χ2n) is 4.17. The molecular formula is C13H22N2OS. The van der Waals surface area contributed by atoms with Crippen LogP contribution in [0.3, 0.4) is 0 Å². The van der Waals surface area contributed by atoms with Crippen LogP contribution in [0.4, 0.5) is 5.69 Å². The first-order chi connectivity index (χ1) is 8.15. The van der Waals surface area contributed by atoms with Gasteiger partial charge in [0, 0.05) is 12.1 Å². The molecule has 0 aliphatic carbocycles. The molecule has 0 amide bonds. The molecule has 0 fully saturated rings. The van der Waals surface area contributed by atoms with E-state index < -0.39 is 0 Å². The van der Waals surface area contributed by atoms with Crippen LogP contribution in [0.15, 0.2) is 4.79 Å². The van der Waals surface area contributed by atoms with Gasteiger partial charge >= 0.3 is 0 Å². The van der Waals surface area contributed by atoms with Crippen molar-refractivity contribution in [3.05, 3.63) is 20.3 Å². The van der Waals surface area contributed by atoms with Gasteiger partial charge in [-0.3, -0.25) is 4.79 Å². The van der Waals surface area contributed by atoms with Crippen LogP contribution in [0.1, 0.15) is 32.8 Å². The molecule has 1 aromatic carbocycles. The third-order valence-corrected chi connectivity index (χ3v) is 3.60. The molecular weight excluding hydrogens is 232 g/mol. The number of rotatable bonds is 8. The summed E-state index contributed by atoms with van der Waals surface area (Å²) in [5.74, 6) is 0. The number of anilines is 1. The smallest absolute Gasteiger partial charge is 0.204 e. The van der Waals surface area contributed by atoms with E-state index in [-0.39, 0.29) is 5.43 Å². The lowest BCUT2D eigenvalue weighted by Crippen LogP contribution is -2.26. The molecule has 0 bridgehead atoms. The average Bonchev–Trinajstić information content (AvgIpc) is 2.36. The van der Waals surface area contributed by atoms with E-state index in [4.69, 9.17) is 12.2 Å². The first-order valence-electron chi connectivity index (χ1n) is 6.44. The van der Waals surface area contributed by atoms with Crippen LogP contribution in [0.25, 0.3) is 0 Å². The zero-order chi connectivity index (χ0) is 12.8. The number of nitrogens with one attached hydrogen (secondary N) is 1. The van der Waals surface area contributed by atoms with Crippen molar-refractivity contribution >= 4 is 17.9 Å². The van der Waals surface area contributed by atoms with Crippen LogP contribution in [0, 0.1) is 4.51 Å². The molecule has 1 rings (SSSR count). The summed E-state index contributed by atoms with van der Waals surface area (Å²) in [4.78, 5) is 13.8. The van der Waals surface area contributed by atoms with E-state index in [1.54, 1.807) is 0 Å². The van der Waals surface area contributed by atoms with E-state index in [0.717, 1.165) is 50.3 Å². The molecule has 0 aromatic heterocycles. The third kappa shape index (κ3) is 3.36. The summed E-state index contributed by atoms with van der Waals surface area (Å²) in [5.41, 5.74) is 1.86. The predicted molar refractivity (Wildman–Crippen MR) is 76.2 cm³/mol. The summed E-state index contributed by atoms with van der Waals surface area (Å²) >= 11 is 5.04. The Morgan fingerprint density at radius 2 is 1.88 bits per heavy atom. The normalized spacial score (nSPS) is 11.3. The minimum atomic E-state index is 0.0637. The predicted octanol–water partition coefficient (Wildman–Crippen LogP) is 2.36. The maximum atomic E-state index is 11.4. The van der Waals surface area contributed by atoms with Gasteiger partial charge in [0.2, 0.25) is 5.43 Å². The quantitative estimate of drug-likeness (QED) is 0.570. The molecule has 1 aromatic rings. The van der Waals surface area contributed by atoms with Crippen molar-refractivity contribution in [2.45, 2.75) is 33.6 Å². The van der Waals surface area contributed by atoms with Crippen LogP contribution >= 0.6 is 12.2 Å². The summed E-state index contributed by atoms with van der Waals surface area (Å²) in [6, 6.07) is 0. The minimum absolute atomic E-state index is 0.0637. The van der Waals surface area contributed by atoms with Gasteiger partial charge in [-0.25, -0.2) is 0 Å². The first kappa shape index (κ1) is 14.3. The molecule has 4 heteroatoms. The van der Waals surface area contributed by atoms with Crippen molar-refractivity contribution in [2.24, 2.45) is 0 Å². The standard InChI is InChI=1S/C13H22N2OS/c1-4-10-11(13(17)12(10)16)14-8-7-9-15(5-2)6-3/h14H,4-9H2,1-3H3. The molecule has 17 heavy (non-hydrogen) atoms. The summed E-state index contributed by atoms with van der Waals surface area (Å²) in [5, 5.41) is 3.29. The lowest BCUT2D eigenvalue weighted by Gasteiger charge is -2.19. The van der Waals surface area contributed by atoms with Gasteiger partial charge in [0.05, 0.1) is 5.69 Å². The topological polar surface area (TPSA) is 32.3 Å². The third-order valence-electron chi connectivity index (χ3n) is 3.21. The summed E-state index contributed by atoms with van der Waals surface area (Å²) in [6.45, 7) is 10.5.